The lowest BCUT2D eigenvalue weighted by atomic mass is 10.3. The summed E-state index contributed by atoms with van der Waals surface area (Å²) in [5, 5.41) is 14.2. The number of aryl methyl sites for hydroxylation is 1. The number of H-pyrrole nitrogens is 1. The van der Waals surface area contributed by atoms with E-state index in [0.717, 1.165) is 7.05 Å². The molecule has 0 aliphatic heterocycles. The molecule has 0 fully saturated rings. The second kappa shape index (κ2) is 6.01. The third-order valence-corrected chi connectivity index (χ3v) is 4.17. The molecule has 0 spiro atoms. The van der Waals surface area contributed by atoms with Crippen LogP contribution in [0.5, 0.6) is 0 Å². The van der Waals surface area contributed by atoms with Gasteiger partial charge in [-0.15, -0.1) is 0 Å². The number of nitrogens with zero attached hydrogens (tertiary/aromatic N) is 2. The Bertz CT molecular complexity index is 621. The average Bonchev–Trinajstić information content (AvgIpc) is 2.71. The fourth-order valence-electron chi connectivity index (χ4n) is 1.47. The third kappa shape index (κ3) is 3.14. The SMILES string of the molecule is CCOC(=O)CN(C)S(=O)(=O)c1n[nH]c(C)c1C(=O)O. The highest BCUT2D eigenvalue weighted by Crippen LogP contribution is 2.19. The molecule has 0 aliphatic rings. The second-order valence-electron chi connectivity index (χ2n) is 3.90. The van der Waals surface area contributed by atoms with Crippen LogP contribution in [0.1, 0.15) is 23.0 Å². The molecule has 1 rings (SSSR count). The van der Waals surface area contributed by atoms with Crippen molar-refractivity contribution in [3.05, 3.63) is 11.3 Å². The van der Waals surface area contributed by atoms with Crippen LogP contribution in [0.4, 0.5) is 0 Å². The van der Waals surface area contributed by atoms with Crippen LogP contribution >= 0.6 is 0 Å². The largest absolute Gasteiger partial charge is 0.478 e. The maximum absolute atomic E-state index is 12.2. The summed E-state index contributed by atoms with van der Waals surface area (Å²) in [6.07, 6.45) is 0. The molecule has 0 amide bonds. The number of hydrogen-bond acceptors (Lipinski definition) is 6. The van der Waals surface area contributed by atoms with Crippen LogP contribution in [0, 0.1) is 6.92 Å². The lowest BCUT2D eigenvalue weighted by molar-refractivity contribution is -0.143. The van der Waals surface area contributed by atoms with Crippen molar-refractivity contribution in [3.63, 3.8) is 0 Å². The third-order valence-electron chi connectivity index (χ3n) is 2.44. The van der Waals surface area contributed by atoms with E-state index < -0.39 is 39.1 Å². The van der Waals surface area contributed by atoms with E-state index in [1.54, 1.807) is 6.92 Å². The van der Waals surface area contributed by atoms with Gasteiger partial charge < -0.3 is 9.84 Å². The van der Waals surface area contributed by atoms with Crippen LogP contribution in [0.2, 0.25) is 0 Å². The lowest BCUT2D eigenvalue weighted by Gasteiger charge is -2.14. The van der Waals surface area contributed by atoms with Gasteiger partial charge >= 0.3 is 11.9 Å². The highest BCUT2D eigenvalue weighted by atomic mass is 32.2. The maximum Gasteiger partial charge on any atom is 0.340 e. The summed E-state index contributed by atoms with van der Waals surface area (Å²) in [7, 11) is -3.06. The molecule has 1 aromatic heterocycles. The zero-order chi connectivity index (χ0) is 15.5. The van der Waals surface area contributed by atoms with Crippen molar-refractivity contribution in [1.82, 2.24) is 14.5 Å². The monoisotopic (exact) mass is 305 g/mol. The number of sulfonamides is 1. The molecule has 1 heterocycles. The first-order valence-corrected chi connectivity index (χ1v) is 7.06. The predicted molar refractivity (Wildman–Crippen MR) is 66.7 cm³/mol. The summed E-state index contributed by atoms with van der Waals surface area (Å²) < 4.78 is 29.7. The Kier molecular flexibility index (Phi) is 4.84. The van der Waals surface area contributed by atoms with Gasteiger partial charge in [-0.25, -0.2) is 13.2 Å². The van der Waals surface area contributed by atoms with Crippen LogP contribution in [0.25, 0.3) is 0 Å². The maximum atomic E-state index is 12.2. The summed E-state index contributed by atoms with van der Waals surface area (Å²) in [5.41, 5.74) is -0.332. The fraction of sp³-hybridized carbons (Fsp3) is 0.500. The van der Waals surface area contributed by atoms with Gasteiger partial charge in [0.05, 0.1) is 6.61 Å². The Morgan fingerprint density at radius 3 is 2.55 bits per heavy atom. The van der Waals surface area contributed by atoms with Gasteiger partial charge in [0.15, 0.2) is 0 Å². The molecule has 0 unspecified atom stereocenters. The number of aromatic amines is 1. The minimum absolute atomic E-state index is 0.112. The number of nitrogens with one attached hydrogen (secondary N) is 1. The van der Waals surface area contributed by atoms with E-state index in [4.69, 9.17) is 5.11 Å². The second-order valence-corrected chi connectivity index (χ2v) is 5.86. The Hall–Kier alpha value is -1.94. The fourth-order valence-corrected chi connectivity index (χ4v) is 2.70. The number of carbonyl (C=O) groups excluding carboxylic acids is 1. The number of aromatic nitrogens is 2. The summed E-state index contributed by atoms with van der Waals surface area (Å²) in [6, 6.07) is 0. The number of aromatic carboxylic acids is 1. The Balaban J connectivity index is 3.11. The molecule has 0 saturated heterocycles. The van der Waals surface area contributed by atoms with Crippen molar-refractivity contribution in [2.24, 2.45) is 0 Å². The van der Waals surface area contributed by atoms with Gasteiger partial charge in [0.1, 0.15) is 12.1 Å². The van der Waals surface area contributed by atoms with E-state index >= 15 is 0 Å². The van der Waals surface area contributed by atoms with Crippen molar-refractivity contribution < 1.29 is 27.9 Å². The van der Waals surface area contributed by atoms with Gasteiger partial charge in [0, 0.05) is 12.7 Å². The Morgan fingerprint density at radius 2 is 2.05 bits per heavy atom. The summed E-state index contributed by atoms with van der Waals surface area (Å²) in [4.78, 5) is 22.3. The Morgan fingerprint density at radius 1 is 1.45 bits per heavy atom. The van der Waals surface area contributed by atoms with Gasteiger partial charge in [-0.3, -0.25) is 9.89 Å². The molecular weight excluding hydrogens is 290 g/mol. The standard InChI is InChI=1S/C10H15N3O6S/c1-4-19-7(14)5-13(3)20(17,18)9-8(10(15)16)6(2)11-12-9/h4-5H2,1-3H3,(H,11,12)(H,15,16). The minimum Gasteiger partial charge on any atom is -0.478 e. The van der Waals surface area contributed by atoms with Crippen molar-refractivity contribution >= 4 is 22.0 Å². The molecule has 0 saturated carbocycles. The number of carboxylic acid groups (broad SMARTS) is 1. The number of carboxylic acids is 1. The Labute approximate surface area is 115 Å². The topological polar surface area (TPSA) is 130 Å². The zero-order valence-electron chi connectivity index (χ0n) is 11.2. The van der Waals surface area contributed by atoms with Crippen LogP contribution in [-0.2, 0) is 19.6 Å². The summed E-state index contributed by atoms with van der Waals surface area (Å²) >= 11 is 0. The molecule has 1 aromatic rings. The predicted octanol–water partition coefficient (Wildman–Crippen LogP) is -0.400. The number of hydrogen-bond donors (Lipinski definition) is 2. The van der Waals surface area contributed by atoms with Gasteiger partial charge in [-0.2, -0.15) is 9.40 Å². The molecule has 20 heavy (non-hydrogen) atoms. The number of rotatable bonds is 6. The smallest absolute Gasteiger partial charge is 0.340 e. The quantitative estimate of drug-likeness (QED) is 0.684. The molecule has 0 aliphatic carbocycles. The average molecular weight is 305 g/mol. The molecule has 0 radical (unpaired) electrons. The van der Waals surface area contributed by atoms with E-state index in [2.05, 4.69) is 14.9 Å². The molecular formula is C10H15N3O6S. The molecule has 9 nitrogen and oxygen atoms in total. The highest BCUT2D eigenvalue weighted by Gasteiger charge is 2.32. The highest BCUT2D eigenvalue weighted by molar-refractivity contribution is 7.89. The molecule has 0 aromatic carbocycles. The van der Waals surface area contributed by atoms with Crippen LogP contribution in [0.3, 0.4) is 0 Å². The van der Waals surface area contributed by atoms with Crippen molar-refractivity contribution in [3.8, 4) is 0 Å². The zero-order valence-corrected chi connectivity index (χ0v) is 12.0. The minimum atomic E-state index is -4.20. The van der Waals surface area contributed by atoms with Gasteiger partial charge in [0.2, 0.25) is 5.03 Å². The number of likely N-dealkylation sites (N-methyl/N-ethyl adjacent to an activating group) is 1. The first kappa shape index (κ1) is 16.1. The molecule has 2 N–H and O–H groups in total. The lowest BCUT2D eigenvalue weighted by Crippen LogP contribution is -2.34. The molecule has 10 heteroatoms. The first-order valence-electron chi connectivity index (χ1n) is 5.62. The van der Waals surface area contributed by atoms with Gasteiger partial charge in [0.25, 0.3) is 10.0 Å². The van der Waals surface area contributed by atoms with E-state index in [-0.39, 0.29) is 12.3 Å². The van der Waals surface area contributed by atoms with E-state index in [1.165, 1.54) is 6.92 Å². The van der Waals surface area contributed by atoms with Crippen LogP contribution in [0.15, 0.2) is 5.03 Å². The van der Waals surface area contributed by atoms with Crippen molar-refractivity contribution in [1.29, 1.82) is 0 Å². The first-order chi connectivity index (χ1) is 9.21. The molecule has 0 atom stereocenters. The van der Waals surface area contributed by atoms with E-state index in [0.29, 0.717) is 4.31 Å². The molecule has 112 valence electrons. The van der Waals surface area contributed by atoms with E-state index in [9.17, 15) is 18.0 Å². The van der Waals surface area contributed by atoms with Crippen LogP contribution < -0.4 is 0 Å². The normalized spacial score (nSPS) is 11.6. The van der Waals surface area contributed by atoms with E-state index in [1.807, 2.05) is 0 Å². The van der Waals surface area contributed by atoms with Crippen molar-refractivity contribution in [2.45, 2.75) is 18.9 Å². The number of ether oxygens (including phenoxy) is 1. The molecule has 0 bridgehead atoms. The van der Waals surface area contributed by atoms with Crippen molar-refractivity contribution in [2.75, 3.05) is 20.2 Å². The van der Waals surface area contributed by atoms with Gasteiger partial charge in [-0.05, 0) is 13.8 Å². The number of carbonyl (C=O) groups is 2. The summed E-state index contributed by atoms with van der Waals surface area (Å²) in [5.74, 6) is -2.15. The van der Waals surface area contributed by atoms with Crippen LogP contribution in [-0.4, -0.2) is 60.2 Å². The number of esters is 1. The summed E-state index contributed by atoms with van der Waals surface area (Å²) in [6.45, 7) is 2.57. The van der Waals surface area contributed by atoms with Gasteiger partial charge in [-0.1, -0.05) is 0 Å².